The van der Waals surface area contributed by atoms with Crippen LogP contribution in [0.25, 0.3) is 5.82 Å². The van der Waals surface area contributed by atoms with Crippen molar-refractivity contribution in [3.8, 4) is 5.82 Å². The van der Waals surface area contributed by atoms with Gasteiger partial charge in [0.25, 0.3) is 0 Å². The van der Waals surface area contributed by atoms with Gasteiger partial charge in [0.2, 0.25) is 11.9 Å². The fourth-order valence-corrected chi connectivity index (χ4v) is 2.72. The number of rotatable bonds is 3. The molecule has 1 aliphatic heterocycles. The summed E-state index contributed by atoms with van der Waals surface area (Å²) < 4.78 is 1.77. The summed E-state index contributed by atoms with van der Waals surface area (Å²) in [6.07, 6.45) is 7.23. The number of nitrogens with zero attached hydrogens (tertiary/aromatic N) is 8. The Kier molecular flexibility index (Phi) is 3.78. The van der Waals surface area contributed by atoms with E-state index in [1.807, 2.05) is 31.3 Å². The van der Waals surface area contributed by atoms with Crippen LogP contribution in [-0.2, 0) is 0 Å². The molecule has 0 bridgehead atoms. The average Bonchev–Trinajstić information content (AvgIpc) is 3.09. The molecule has 0 saturated carbocycles. The lowest BCUT2D eigenvalue weighted by atomic mass is 10.3. The molecule has 8 heteroatoms. The minimum atomic E-state index is 0.731. The highest BCUT2D eigenvalue weighted by molar-refractivity contribution is 5.39. The van der Waals surface area contributed by atoms with Crippen molar-refractivity contribution in [3.05, 3.63) is 48.7 Å². The molecule has 0 N–H and O–H groups in total. The molecular weight excluding hydrogens is 304 g/mol. The van der Waals surface area contributed by atoms with E-state index in [1.54, 1.807) is 23.3 Å². The summed E-state index contributed by atoms with van der Waals surface area (Å²) in [4.78, 5) is 22.0. The molecule has 1 saturated heterocycles. The van der Waals surface area contributed by atoms with E-state index in [0.717, 1.165) is 49.6 Å². The van der Waals surface area contributed by atoms with Crippen LogP contribution in [0.15, 0.2) is 43.0 Å². The van der Waals surface area contributed by atoms with E-state index < -0.39 is 0 Å². The molecule has 3 aromatic heterocycles. The van der Waals surface area contributed by atoms with E-state index in [2.05, 4.69) is 34.8 Å². The minimum absolute atomic E-state index is 0.731. The van der Waals surface area contributed by atoms with Gasteiger partial charge in [-0.2, -0.15) is 10.1 Å². The quantitative estimate of drug-likeness (QED) is 0.714. The average molecular weight is 322 g/mol. The summed E-state index contributed by atoms with van der Waals surface area (Å²) in [6.45, 7) is 5.32. The van der Waals surface area contributed by atoms with Crippen LogP contribution in [0.2, 0.25) is 0 Å². The zero-order valence-electron chi connectivity index (χ0n) is 13.4. The van der Waals surface area contributed by atoms with Crippen molar-refractivity contribution in [3.63, 3.8) is 0 Å². The van der Waals surface area contributed by atoms with Crippen LogP contribution in [0.1, 0.15) is 5.69 Å². The van der Waals surface area contributed by atoms with Gasteiger partial charge in [-0.05, 0) is 19.1 Å². The number of hydrogen-bond acceptors (Lipinski definition) is 7. The second-order valence-corrected chi connectivity index (χ2v) is 5.64. The van der Waals surface area contributed by atoms with Crippen LogP contribution in [0.3, 0.4) is 0 Å². The molecule has 3 aromatic rings. The molecular formula is C16H18N8. The van der Waals surface area contributed by atoms with Crippen LogP contribution in [0, 0.1) is 6.92 Å². The second-order valence-electron chi connectivity index (χ2n) is 5.64. The third-order valence-electron chi connectivity index (χ3n) is 3.98. The van der Waals surface area contributed by atoms with Gasteiger partial charge in [-0.1, -0.05) is 0 Å². The van der Waals surface area contributed by atoms with Crippen LogP contribution < -0.4 is 9.80 Å². The van der Waals surface area contributed by atoms with E-state index in [4.69, 9.17) is 0 Å². The highest BCUT2D eigenvalue weighted by atomic mass is 15.4. The van der Waals surface area contributed by atoms with Crippen LogP contribution in [0.4, 0.5) is 11.9 Å². The van der Waals surface area contributed by atoms with E-state index in [0.29, 0.717) is 0 Å². The molecule has 0 atom stereocenters. The SMILES string of the molecule is Cc1ccn(-c2ccnc(N3CCN(c4ncccn4)CC3)n2)n1. The molecule has 0 aliphatic carbocycles. The number of aromatic nitrogens is 6. The lowest BCUT2D eigenvalue weighted by molar-refractivity contribution is 0.626. The van der Waals surface area contributed by atoms with Gasteiger partial charge >= 0.3 is 0 Å². The fraction of sp³-hybridized carbons (Fsp3) is 0.312. The van der Waals surface area contributed by atoms with Gasteiger partial charge in [-0.15, -0.1) is 0 Å². The van der Waals surface area contributed by atoms with Crippen LogP contribution in [-0.4, -0.2) is 55.9 Å². The van der Waals surface area contributed by atoms with Gasteiger partial charge in [0.15, 0.2) is 5.82 Å². The fourth-order valence-electron chi connectivity index (χ4n) is 2.72. The standard InChI is InChI=1S/C16H18N8/c1-13-4-8-24(21-13)14-3-7-19-16(20-14)23-11-9-22(10-12-23)15-17-5-2-6-18-15/h2-8H,9-12H2,1H3. The second kappa shape index (κ2) is 6.23. The number of piperazine rings is 1. The molecule has 0 radical (unpaired) electrons. The van der Waals surface area contributed by atoms with E-state index in [9.17, 15) is 0 Å². The Morgan fingerprint density at radius 3 is 2.17 bits per heavy atom. The first-order valence-electron chi connectivity index (χ1n) is 7.92. The minimum Gasteiger partial charge on any atom is -0.337 e. The molecule has 8 nitrogen and oxygen atoms in total. The van der Waals surface area contributed by atoms with Crippen LogP contribution in [0.5, 0.6) is 0 Å². The molecule has 1 fully saturated rings. The summed E-state index contributed by atoms with van der Waals surface area (Å²) in [5.74, 6) is 2.29. The van der Waals surface area contributed by atoms with Gasteiger partial charge in [0.05, 0.1) is 5.69 Å². The summed E-state index contributed by atoms with van der Waals surface area (Å²) >= 11 is 0. The maximum Gasteiger partial charge on any atom is 0.227 e. The molecule has 1 aliphatic rings. The Balaban J connectivity index is 1.48. The highest BCUT2D eigenvalue weighted by Crippen LogP contribution is 2.15. The molecule has 0 aromatic carbocycles. The molecule has 0 amide bonds. The first kappa shape index (κ1) is 14.6. The van der Waals surface area contributed by atoms with Gasteiger partial charge < -0.3 is 9.80 Å². The van der Waals surface area contributed by atoms with Gasteiger partial charge in [-0.25, -0.2) is 19.6 Å². The number of hydrogen-bond donors (Lipinski definition) is 0. The molecule has 122 valence electrons. The maximum atomic E-state index is 4.64. The predicted octanol–water partition coefficient (Wildman–Crippen LogP) is 1.09. The topological polar surface area (TPSA) is 75.9 Å². The summed E-state index contributed by atoms with van der Waals surface area (Å²) in [7, 11) is 0. The Hall–Kier alpha value is -3.03. The van der Waals surface area contributed by atoms with Crippen LogP contribution >= 0.6 is 0 Å². The Labute approximate surface area is 139 Å². The number of aryl methyl sites for hydroxylation is 1. The molecule has 0 unspecified atom stereocenters. The first-order chi connectivity index (χ1) is 11.8. The molecule has 4 rings (SSSR count). The third-order valence-corrected chi connectivity index (χ3v) is 3.98. The summed E-state index contributed by atoms with van der Waals surface area (Å²) in [5, 5.41) is 4.40. The maximum absolute atomic E-state index is 4.64. The first-order valence-corrected chi connectivity index (χ1v) is 7.92. The van der Waals surface area contributed by atoms with Gasteiger partial charge in [0, 0.05) is 57.0 Å². The van der Waals surface area contributed by atoms with Crippen molar-refractivity contribution in [1.29, 1.82) is 0 Å². The van der Waals surface area contributed by atoms with Crippen molar-refractivity contribution in [2.45, 2.75) is 6.92 Å². The Morgan fingerprint density at radius 2 is 1.50 bits per heavy atom. The monoisotopic (exact) mass is 322 g/mol. The lowest BCUT2D eigenvalue weighted by Crippen LogP contribution is -2.47. The van der Waals surface area contributed by atoms with Crippen molar-refractivity contribution >= 4 is 11.9 Å². The van der Waals surface area contributed by atoms with Crippen molar-refractivity contribution < 1.29 is 0 Å². The van der Waals surface area contributed by atoms with Crippen molar-refractivity contribution in [2.24, 2.45) is 0 Å². The van der Waals surface area contributed by atoms with E-state index in [1.165, 1.54) is 0 Å². The van der Waals surface area contributed by atoms with Gasteiger partial charge in [-0.3, -0.25) is 0 Å². The third kappa shape index (κ3) is 2.90. The smallest absolute Gasteiger partial charge is 0.227 e. The number of anilines is 2. The lowest BCUT2D eigenvalue weighted by Gasteiger charge is -2.34. The van der Waals surface area contributed by atoms with E-state index >= 15 is 0 Å². The Morgan fingerprint density at radius 1 is 0.833 bits per heavy atom. The molecule has 4 heterocycles. The predicted molar refractivity (Wildman–Crippen MR) is 90.3 cm³/mol. The highest BCUT2D eigenvalue weighted by Gasteiger charge is 2.20. The zero-order chi connectivity index (χ0) is 16.4. The Bertz CT molecular complexity index is 808. The summed E-state index contributed by atoms with van der Waals surface area (Å²) in [5.41, 5.74) is 0.964. The van der Waals surface area contributed by atoms with Crippen molar-refractivity contribution in [1.82, 2.24) is 29.7 Å². The molecule has 0 spiro atoms. The largest absolute Gasteiger partial charge is 0.337 e. The van der Waals surface area contributed by atoms with Crippen molar-refractivity contribution in [2.75, 3.05) is 36.0 Å². The van der Waals surface area contributed by atoms with E-state index in [-0.39, 0.29) is 0 Å². The normalized spacial score (nSPS) is 14.9. The van der Waals surface area contributed by atoms with Gasteiger partial charge in [0.1, 0.15) is 0 Å². The molecule has 24 heavy (non-hydrogen) atoms. The summed E-state index contributed by atoms with van der Waals surface area (Å²) in [6, 6.07) is 5.65. The zero-order valence-corrected chi connectivity index (χ0v) is 13.4.